The number of carbonyl (C=O) groups is 1. The Morgan fingerprint density at radius 1 is 1.28 bits per heavy atom. The van der Waals surface area contributed by atoms with Crippen LogP contribution < -0.4 is 5.56 Å². The molecule has 1 aromatic carbocycles. The summed E-state index contributed by atoms with van der Waals surface area (Å²) < 4.78 is 2.44. The van der Waals surface area contributed by atoms with E-state index in [2.05, 4.69) is 22.9 Å². The van der Waals surface area contributed by atoms with Crippen LogP contribution in [0.15, 0.2) is 53.6 Å². The number of hydrogen-bond acceptors (Lipinski definition) is 5. The summed E-state index contributed by atoms with van der Waals surface area (Å²) in [5.41, 5.74) is 1.77. The normalized spacial score (nSPS) is 10.3. The fourth-order valence-corrected chi connectivity index (χ4v) is 2.42. The molecule has 0 saturated heterocycles. The number of amides is 1. The molecule has 1 amide bonds. The molecule has 0 unspecified atom stereocenters. The minimum Gasteiger partial charge on any atom is -0.296 e. The quantitative estimate of drug-likeness (QED) is 0.706. The van der Waals surface area contributed by atoms with E-state index < -0.39 is 0 Å². The highest BCUT2D eigenvalue weighted by atomic mass is 32.1. The van der Waals surface area contributed by atoms with Crippen molar-refractivity contribution in [2.75, 3.05) is 7.05 Å². The van der Waals surface area contributed by atoms with E-state index in [9.17, 15) is 9.59 Å². The van der Waals surface area contributed by atoms with Gasteiger partial charge in [0, 0.05) is 19.4 Å². The molecule has 0 radical (unpaired) electrons. The predicted molar refractivity (Wildman–Crippen MR) is 95.4 cm³/mol. The van der Waals surface area contributed by atoms with Crippen LogP contribution in [0.1, 0.15) is 15.9 Å². The zero-order valence-electron chi connectivity index (χ0n) is 13.2. The number of aromatic nitrogens is 3. The Hall–Kier alpha value is -3.31. The van der Waals surface area contributed by atoms with Gasteiger partial charge in [-0.3, -0.25) is 19.0 Å². The first-order valence-corrected chi connectivity index (χ1v) is 7.65. The summed E-state index contributed by atoms with van der Waals surface area (Å²) in [6, 6.07) is 11.9. The third-order valence-electron chi connectivity index (χ3n) is 3.61. The Kier molecular flexibility index (Phi) is 4.41. The first-order valence-electron chi connectivity index (χ1n) is 7.25. The molecule has 0 aliphatic carbocycles. The van der Waals surface area contributed by atoms with Crippen molar-refractivity contribution in [2.45, 2.75) is 0 Å². The Morgan fingerprint density at radius 3 is 2.56 bits per heavy atom. The highest BCUT2D eigenvalue weighted by molar-refractivity contribution is 7.78. The number of rotatable bonds is 3. The fourth-order valence-electron chi connectivity index (χ4n) is 2.30. The average molecular weight is 351 g/mol. The van der Waals surface area contributed by atoms with Gasteiger partial charge in [-0.15, -0.1) is 0 Å². The number of nitrogens with zero attached hydrogens (tertiary/aromatic N) is 4. The van der Waals surface area contributed by atoms with Crippen molar-refractivity contribution < 1.29 is 4.79 Å². The number of H-pyrrole nitrogens is 1. The van der Waals surface area contributed by atoms with Gasteiger partial charge in [0.25, 0.3) is 11.5 Å². The molecule has 0 aliphatic heterocycles. The van der Waals surface area contributed by atoms with Crippen LogP contribution in [0.3, 0.4) is 0 Å². The van der Waals surface area contributed by atoms with E-state index >= 15 is 0 Å². The van der Waals surface area contributed by atoms with E-state index in [0.29, 0.717) is 28.1 Å². The second-order valence-corrected chi connectivity index (χ2v) is 5.85. The topological polar surface area (TPSA) is 94.8 Å². The summed E-state index contributed by atoms with van der Waals surface area (Å²) in [4.78, 5) is 28.6. The van der Waals surface area contributed by atoms with Crippen LogP contribution in [0.4, 0.5) is 0 Å². The monoisotopic (exact) mass is 351 g/mol. The molecule has 3 aromatic rings. The SMILES string of the molecule is CN(S)C(=O)c1ccc(-n2[nH]cc(-c3ccc(C#N)cc3)c2=O)nc1. The number of carbonyl (C=O) groups excluding carboxylic acids is 1. The maximum Gasteiger partial charge on any atom is 0.280 e. The molecule has 2 heterocycles. The Balaban J connectivity index is 1.94. The van der Waals surface area contributed by atoms with Crippen LogP contribution in [-0.4, -0.2) is 32.0 Å². The van der Waals surface area contributed by atoms with Crippen LogP contribution in [0.2, 0.25) is 0 Å². The number of nitrogens with one attached hydrogen (secondary N) is 1. The number of nitriles is 1. The Labute approximate surface area is 148 Å². The molecular formula is C17H13N5O2S. The number of hydrogen-bond donors (Lipinski definition) is 2. The molecule has 0 spiro atoms. The molecule has 7 nitrogen and oxygen atoms in total. The molecule has 0 aliphatic rings. The largest absolute Gasteiger partial charge is 0.296 e. The molecule has 3 rings (SSSR count). The lowest BCUT2D eigenvalue weighted by Crippen LogP contribution is -2.19. The van der Waals surface area contributed by atoms with Crippen molar-refractivity contribution in [2.24, 2.45) is 0 Å². The number of aromatic amines is 1. The second kappa shape index (κ2) is 6.67. The lowest BCUT2D eigenvalue weighted by Gasteiger charge is -2.08. The molecule has 0 saturated carbocycles. The van der Waals surface area contributed by atoms with E-state index in [1.165, 1.54) is 17.9 Å². The molecule has 1 N–H and O–H groups in total. The molecule has 0 bridgehead atoms. The van der Waals surface area contributed by atoms with Crippen molar-refractivity contribution in [3.05, 3.63) is 70.3 Å². The van der Waals surface area contributed by atoms with Gasteiger partial charge >= 0.3 is 0 Å². The lowest BCUT2D eigenvalue weighted by atomic mass is 10.1. The standard InChI is InChI=1S/C17H13N5O2S/c1-21(25)16(23)13-6-7-15(19-9-13)22-17(24)14(10-20-22)12-4-2-11(8-18)3-5-12/h2-7,9-10,20,25H,1H3. The maximum atomic E-state index is 12.6. The van der Waals surface area contributed by atoms with Gasteiger partial charge in [0.2, 0.25) is 0 Å². The lowest BCUT2D eigenvalue weighted by molar-refractivity contribution is 0.0893. The molecule has 0 fully saturated rings. The van der Waals surface area contributed by atoms with Crippen molar-refractivity contribution in [1.82, 2.24) is 19.1 Å². The Bertz CT molecular complexity index is 1010. The Morgan fingerprint density at radius 2 is 2.00 bits per heavy atom. The van der Waals surface area contributed by atoms with Crippen molar-refractivity contribution in [1.29, 1.82) is 5.26 Å². The maximum absolute atomic E-state index is 12.6. The van der Waals surface area contributed by atoms with E-state index in [4.69, 9.17) is 5.26 Å². The summed E-state index contributed by atoms with van der Waals surface area (Å²) in [7, 11) is 1.53. The minimum absolute atomic E-state index is 0.275. The smallest absolute Gasteiger partial charge is 0.280 e. The first-order chi connectivity index (χ1) is 12.0. The van der Waals surface area contributed by atoms with Gasteiger partial charge in [-0.1, -0.05) is 24.9 Å². The van der Waals surface area contributed by atoms with Gasteiger partial charge in [0.15, 0.2) is 5.82 Å². The third kappa shape index (κ3) is 3.18. The third-order valence-corrected chi connectivity index (χ3v) is 3.80. The summed E-state index contributed by atoms with van der Waals surface area (Å²) in [5.74, 6) is 0.0720. The van der Waals surface area contributed by atoms with E-state index in [0.717, 1.165) is 4.31 Å². The van der Waals surface area contributed by atoms with Crippen LogP contribution in [0.5, 0.6) is 0 Å². The number of thiol groups is 1. The van der Waals surface area contributed by atoms with Crippen LogP contribution in [-0.2, 0) is 0 Å². The summed E-state index contributed by atoms with van der Waals surface area (Å²) in [6.45, 7) is 0. The van der Waals surface area contributed by atoms with Gasteiger partial charge < -0.3 is 0 Å². The fraction of sp³-hybridized carbons (Fsp3) is 0.0588. The highest BCUT2D eigenvalue weighted by Crippen LogP contribution is 2.16. The van der Waals surface area contributed by atoms with Crippen LogP contribution in [0.25, 0.3) is 16.9 Å². The summed E-state index contributed by atoms with van der Waals surface area (Å²) >= 11 is 3.95. The number of benzene rings is 1. The zero-order chi connectivity index (χ0) is 18.0. The summed E-state index contributed by atoms with van der Waals surface area (Å²) in [6.07, 6.45) is 2.96. The van der Waals surface area contributed by atoms with Crippen LogP contribution in [0, 0.1) is 11.3 Å². The van der Waals surface area contributed by atoms with Crippen molar-refractivity contribution in [3.8, 4) is 23.0 Å². The highest BCUT2D eigenvalue weighted by Gasteiger charge is 2.13. The van der Waals surface area contributed by atoms with E-state index in [1.54, 1.807) is 42.6 Å². The van der Waals surface area contributed by atoms with Crippen molar-refractivity contribution >= 4 is 18.7 Å². The molecule has 8 heteroatoms. The second-order valence-electron chi connectivity index (χ2n) is 5.25. The van der Waals surface area contributed by atoms with Gasteiger partial charge in [0.05, 0.1) is 22.8 Å². The van der Waals surface area contributed by atoms with Gasteiger partial charge in [-0.2, -0.15) is 5.26 Å². The minimum atomic E-state index is -0.292. The number of pyridine rings is 1. The molecule has 124 valence electrons. The molecule has 25 heavy (non-hydrogen) atoms. The molecule has 0 atom stereocenters. The molecular weight excluding hydrogens is 338 g/mol. The van der Waals surface area contributed by atoms with Crippen LogP contribution >= 0.6 is 12.8 Å². The first kappa shape index (κ1) is 16.5. The van der Waals surface area contributed by atoms with Gasteiger partial charge in [-0.05, 0) is 29.8 Å². The predicted octanol–water partition coefficient (Wildman–Crippen LogP) is 2.02. The molecule has 2 aromatic heterocycles. The summed E-state index contributed by atoms with van der Waals surface area (Å²) in [5, 5.41) is 11.7. The van der Waals surface area contributed by atoms with Gasteiger partial charge in [0.1, 0.15) is 0 Å². The zero-order valence-corrected chi connectivity index (χ0v) is 14.1. The van der Waals surface area contributed by atoms with Gasteiger partial charge in [-0.25, -0.2) is 9.67 Å². The van der Waals surface area contributed by atoms with Crippen molar-refractivity contribution in [3.63, 3.8) is 0 Å². The van der Waals surface area contributed by atoms with E-state index in [-0.39, 0.29) is 11.5 Å². The van der Waals surface area contributed by atoms with E-state index in [1.807, 2.05) is 6.07 Å². The average Bonchev–Trinajstić information content (AvgIpc) is 3.02.